The lowest BCUT2D eigenvalue weighted by Gasteiger charge is -2.17. The molecule has 5 rings (SSSR count). The van der Waals surface area contributed by atoms with Crippen LogP contribution in [0.15, 0.2) is 43.1 Å². The third-order valence-corrected chi connectivity index (χ3v) is 5.77. The quantitative estimate of drug-likeness (QED) is 0.675. The summed E-state index contributed by atoms with van der Waals surface area (Å²) in [7, 11) is 0. The Labute approximate surface area is 150 Å². The second kappa shape index (κ2) is 5.88. The van der Waals surface area contributed by atoms with Crippen LogP contribution in [0.4, 0.5) is 4.79 Å². The van der Waals surface area contributed by atoms with Crippen molar-refractivity contribution < 1.29 is 9.90 Å². The number of carboxylic acid groups (broad SMARTS) is 1. The fourth-order valence-electron chi connectivity index (χ4n) is 4.51. The van der Waals surface area contributed by atoms with E-state index in [1.807, 2.05) is 10.8 Å². The zero-order valence-corrected chi connectivity index (χ0v) is 14.3. The van der Waals surface area contributed by atoms with E-state index in [0.717, 1.165) is 24.0 Å². The van der Waals surface area contributed by atoms with E-state index in [1.54, 1.807) is 12.5 Å². The van der Waals surface area contributed by atoms with E-state index in [4.69, 9.17) is 5.11 Å². The Balaban J connectivity index is 1.35. The molecule has 26 heavy (non-hydrogen) atoms. The molecule has 3 atom stereocenters. The third-order valence-electron chi connectivity index (χ3n) is 5.77. The highest BCUT2D eigenvalue weighted by Crippen LogP contribution is 2.31. The maximum absolute atomic E-state index is 11.1. The highest BCUT2D eigenvalue weighted by Gasteiger charge is 2.42. The monoisotopic (exact) mass is 351 g/mol. The van der Waals surface area contributed by atoms with Gasteiger partial charge in [0.1, 0.15) is 0 Å². The van der Waals surface area contributed by atoms with Gasteiger partial charge in [-0.15, -0.1) is 0 Å². The van der Waals surface area contributed by atoms with Gasteiger partial charge in [0.05, 0.1) is 6.33 Å². The van der Waals surface area contributed by atoms with E-state index < -0.39 is 6.09 Å². The topological polar surface area (TPSA) is 86.2 Å². The average molecular weight is 351 g/mol. The Bertz CT molecular complexity index is 934. The first-order valence-corrected chi connectivity index (χ1v) is 8.99. The Hall–Kier alpha value is -2.80. The summed E-state index contributed by atoms with van der Waals surface area (Å²) in [6, 6.07) is 7.09. The van der Waals surface area contributed by atoms with Crippen molar-refractivity contribution in [1.82, 2.24) is 24.8 Å². The summed E-state index contributed by atoms with van der Waals surface area (Å²) >= 11 is 0. The van der Waals surface area contributed by atoms with E-state index in [2.05, 4.69) is 39.7 Å². The first kappa shape index (κ1) is 15.5. The van der Waals surface area contributed by atoms with E-state index >= 15 is 0 Å². The van der Waals surface area contributed by atoms with Crippen LogP contribution in [0, 0.1) is 5.92 Å². The van der Waals surface area contributed by atoms with Gasteiger partial charge in [-0.3, -0.25) is 0 Å². The number of carbonyl (C=O) groups is 1. The summed E-state index contributed by atoms with van der Waals surface area (Å²) in [6.45, 7) is 1.26. The molecular weight excluding hydrogens is 330 g/mol. The molecule has 2 fully saturated rings. The van der Waals surface area contributed by atoms with Crippen LogP contribution in [0.1, 0.15) is 12.0 Å². The Morgan fingerprint density at radius 3 is 3.04 bits per heavy atom. The molecule has 3 N–H and O–H groups in total. The standard InChI is InChI=1S/C19H21N5O2/c25-19(26)24-9-13-6-14(22-18(13)10-24)5-12-8-21-17-2-1-15(7-16(12)17)23-4-3-20-11-23/h1-4,7-8,11,13-14,18,21-22H,5-6,9-10H2,(H,25,26). The maximum Gasteiger partial charge on any atom is 0.407 e. The Kier molecular flexibility index (Phi) is 3.49. The second-order valence-electron chi connectivity index (χ2n) is 7.37. The molecule has 4 heterocycles. The number of fused-ring (bicyclic) bond motifs is 2. The predicted octanol–water partition coefficient (Wildman–Crippen LogP) is 2.24. The van der Waals surface area contributed by atoms with Gasteiger partial charge in [0, 0.05) is 60.4 Å². The van der Waals surface area contributed by atoms with Crippen molar-refractivity contribution in [2.45, 2.75) is 24.9 Å². The van der Waals surface area contributed by atoms with Gasteiger partial charge >= 0.3 is 6.09 Å². The predicted molar refractivity (Wildman–Crippen MR) is 97.5 cm³/mol. The third kappa shape index (κ3) is 2.55. The molecule has 1 amide bonds. The van der Waals surface area contributed by atoms with Crippen LogP contribution in [-0.2, 0) is 6.42 Å². The van der Waals surface area contributed by atoms with Crippen LogP contribution in [0.25, 0.3) is 16.6 Å². The Morgan fingerprint density at radius 1 is 1.35 bits per heavy atom. The van der Waals surface area contributed by atoms with Crippen molar-refractivity contribution in [2.75, 3.05) is 13.1 Å². The molecular formula is C19H21N5O2. The average Bonchev–Trinajstić information content (AvgIpc) is 3.38. The summed E-state index contributed by atoms with van der Waals surface area (Å²) in [6.07, 6.45) is 8.81. The fourth-order valence-corrected chi connectivity index (χ4v) is 4.51. The summed E-state index contributed by atoms with van der Waals surface area (Å²) in [5.41, 5.74) is 3.54. The van der Waals surface area contributed by atoms with Crippen molar-refractivity contribution in [1.29, 1.82) is 0 Å². The molecule has 3 aromatic rings. The molecule has 134 valence electrons. The number of aromatic nitrogens is 3. The van der Waals surface area contributed by atoms with Crippen LogP contribution in [-0.4, -0.2) is 55.8 Å². The number of nitrogens with one attached hydrogen (secondary N) is 2. The molecule has 0 aliphatic carbocycles. The van der Waals surface area contributed by atoms with Crippen molar-refractivity contribution in [3.05, 3.63) is 48.7 Å². The van der Waals surface area contributed by atoms with Gasteiger partial charge in [0.2, 0.25) is 0 Å². The number of hydrogen-bond donors (Lipinski definition) is 3. The fraction of sp³-hybridized carbons (Fsp3) is 0.368. The van der Waals surface area contributed by atoms with Gasteiger partial charge in [0.25, 0.3) is 0 Å². The summed E-state index contributed by atoms with van der Waals surface area (Å²) in [4.78, 5) is 20.2. The minimum atomic E-state index is -0.804. The number of hydrogen-bond acceptors (Lipinski definition) is 3. The lowest BCUT2D eigenvalue weighted by molar-refractivity contribution is 0.152. The lowest BCUT2D eigenvalue weighted by Crippen LogP contribution is -2.37. The molecule has 0 radical (unpaired) electrons. The summed E-state index contributed by atoms with van der Waals surface area (Å²) < 4.78 is 2.01. The van der Waals surface area contributed by atoms with E-state index in [9.17, 15) is 4.79 Å². The van der Waals surface area contributed by atoms with Gasteiger partial charge in [-0.05, 0) is 42.5 Å². The first-order valence-electron chi connectivity index (χ1n) is 8.99. The normalized spacial score (nSPS) is 25.1. The van der Waals surface area contributed by atoms with Crippen LogP contribution < -0.4 is 5.32 Å². The van der Waals surface area contributed by atoms with Gasteiger partial charge in [-0.1, -0.05) is 0 Å². The lowest BCUT2D eigenvalue weighted by atomic mass is 9.98. The number of H-pyrrole nitrogens is 1. The second-order valence-corrected chi connectivity index (χ2v) is 7.37. The number of rotatable bonds is 3. The molecule has 0 bridgehead atoms. The van der Waals surface area contributed by atoms with Gasteiger partial charge in [0.15, 0.2) is 0 Å². The number of aromatic amines is 1. The van der Waals surface area contributed by atoms with Crippen LogP contribution in [0.5, 0.6) is 0 Å². The molecule has 2 aromatic heterocycles. The van der Waals surface area contributed by atoms with Crippen molar-refractivity contribution in [2.24, 2.45) is 5.92 Å². The molecule has 3 unspecified atom stereocenters. The molecule has 7 heteroatoms. The molecule has 1 aromatic carbocycles. The molecule has 2 aliphatic heterocycles. The van der Waals surface area contributed by atoms with E-state index in [0.29, 0.717) is 31.1 Å². The van der Waals surface area contributed by atoms with Crippen LogP contribution in [0.2, 0.25) is 0 Å². The van der Waals surface area contributed by atoms with E-state index in [-0.39, 0.29) is 0 Å². The number of amides is 1. The van der Waals surface area contributed by atoms with Crippen molar-refractivity contribution in [3.63, 3.8) is 0 Å². The molecule has 2 saturated heterocycles. The minimum Gasteiger partial charge on any atom is -0.465 e. The smallest absolute Gasteiger partial charge is 0.407 e. The van der Waals surface area contributed by atoms with Gasteiger partial charge in [-0.25, -0.2) is 9.78 Å². The molecule has 0 saturated carbocycles. The van der Waals surface area contributed by atoms with Crippen molar-refractivity contribution >= 4 is 17.0 Å². The molecule has 2 aliphatic rings. The summed E-state index contributed by atoms with van der Waals surface area (Å²) in [5, 5.41) is 14.0. The maximum atomic E-state index is 11.1. The van der Waals surface area contributed by atoms with Crippen LogP contribution in [0.3, 0.4) is 0 Å². The highest BCUT2D eigenvalue weighted by atomic mass is 16.4. The minimum absolute atomic E-state index is 0.294. The number of benzene rings is 1. The van der Waals surface area contributed by atoms with Crippen molar-refractivity contribution in [3.8, 4) is 5.69 Å². The number of imidazole rings is 1. The largest absolute Gasteiger partial charge is 0.465 e. The van der Waals surface area contributed by atoms with E-state index in [1.165, 1.54) is 15.8 Å². The van der Waals surface area contributed by atoms with Gasteiger partial charge in [-0.2, -0.15) is 0 Å². The summed E-state index contributed by atoms with van der Waals surface area (Å²) in [5.74, 6) is 0.433. The zero-order valence-electron chi connectivity index (χ0n) is 14.3. The number of nitrogens with zero attached hydrogens (tertiary/aromatic N) is 3. The zero-order chi connectivity index (χ0) is 17.7. The first-order chi connectivity index (χ1) is 12.7. The SMILES string of the molecule is O=C(O)N1CC2CC(Cc3c[nH]c4ccc(-n5ccnc5)cc34)NC2C1. The van der Waals surface area contributed by atoms with Gasteiger partial charge < -0.3 is 24.9 Å². The molecule has 7 nitrogen and oxygen atoms in total. The molecule has 0 spiro atoms. The van der Waals surface area contributed by atoms with Crippen LogP contribution >= 0.6 is 0 Å². The number of likely N-dealkylation sites (tertiary alicyclic amines) is 1. The Morgan fingerprint density at radius 2 is 2.27 bits per heavy atom. The highest BCUT2D eigenvalue weighted by molar-refractivity contribution is 5.85.